The molecule has 8 nitrogen and oxygen atoms in total. The number of aromatic nitrogens is 3. The molecule has 0 bridgehead atoms. The van der Waals surface area contributed by atoms with Gasteiger partial charge in [0.2, 0.25) is 5.88 Å². The summed E-state index contributed by atoms with van der Waals surface area (Å²) in [6.07, 6.45) is 2.19. The highest BCUT2D eigenvalue weighted by atomic mass is 32.1. The molecule has 0 aromatic carbocycles. The number of nitrogens with zero attached hydrogens (tertiary/aromatic N) is 5. The van der Waals surface area contributed by atoms with E-state index in [2.05, 4.69) is 30.1 Å². The molecule has 2 saturated heterocycles. The lowest BCUT2D eigenvalue weighted by molar-refractivity contribution is -0.192. The molecule has 1 N–H and O–H groups in total. The molecule has 2 aliphatic rings. The third-order valence-electron chi connectivity index (χ3n) is 5.60. The Morgan fingerprint density at radius 3 is 2.48 bits per heavy atom. The lowest BCUT2D eigenvalue weighted by Crippen LogP contribution is -2.41. The Morgan fingerprint density at radius 1 is 1.23 bits per heavy atom. The van der Waals surface area contributed by atoms with Crippen molar-refractivity contribution >= 4 is 23.1 Å². The van der Waals surface area contributed by atoms with Crippen LogP contribution in [0.25, 0.3) is 0 Å². The number of alkyl halides is 3. The van der Waals surface area contributed by atoms with Crippen molar-refractivity contribution in [2.24, 2.45) is 5.41 Å². The molecule has 12 heteroatoms. The van der Waals surface area contributed by atoms with Crippen molar-refractivity contribution in [1.82, 2.24) is 19.9 Å². The zero-order chi connectivity index (χ0) is 22.5. The zero-order valence-corrected chi connectivity index (χ0v) is 17.8. The van der Waals surface area contributed by atoms with Gasteiger partial charge in [0, 0.05) is 30.7 Å². The monoisotopic (exact) mass is 459 g/mol. The summed E-state index contributed by atoms with van der Waals surface area (Å²) >= 11 is 1.75. The SMILES string of the molecule is COc1cc(N2CCC3(CCN(Cc4nccs4)CC3)C2)ncn1.O=C(O)C(F)(F)F. The minimum atomic E-state index is -5.08. The summed E-state index contributed by atoms with van der Waals surface area (Å²) in [7, 11) is 1.65. The minimum Gasteiger partial charge on any atom is -0.481 e. The molecule has 1 spiro atoms. The summed E-state index contributed by atoms with van der Waals surface area (Å²) < 4.78 is 37.0. The van der Waals surface area contributed by atoms with Crippen LogP contribution in [-0.4, -0.2) is 70.4 Å². The van der Waals surface area contributed by atoms with Crippen molar-refractivity contribution in [2.75, 3.05) is 38.2 Å². The molecule has 0 radical (unpaired) electrons. The maximum absolute atomic E-state index is 10.6. The van der Waals surface area contributed by atoms with E-state index in [1.165, 1.54) is 37.4 Å². The van der Waals surface area contributed by atoms with Gasteiger partial charge < -0.3 is 14.7 Å². The van der Waals surface area contributed by atoms with Crippen molar-refractivity contribution in [1.29, 1.82) is 0 Å². The molecule has 0 saturated carbocycles. The third kappa shape index (κ3) is 6.26. The molecular formula is C19H24F3N5O3S. The van der Waals surface area contributed by atoms with Crippen LogP contribution in [-0.2, 0) is 11.3 Å². The second kappa shape index (κ2) is 9.77. The van der Waals surface area contributed by atoms with E-state index in [-0.39, 0.29) is 0 Å². The molecule has 0 atom stereocenters. The van der Waals surface area contributed by atoms with Gasteiger partial charge in [0.1, 0.15) is 17.2 Å². The van der Waals surface area contributed by atoms with Gasteiger partial charge in [-0.1, -0.05) is 0 Å². The van der Waals surface area contributed by atoms with Crippen molar-refractivity contribution in [2.45, 2.75) is 32.0 Å². The quantitative estimate of drug-likeness (QED) is 0.746. The van der Waals surface area contributed by atoms with E-state index in [1.54, 1.807) is 24.8 Å². The number of likely N-dealkylation sites (tertiary alicyclic amines) is 1. The number of rotatable bonds is 4. The van der Waals surface area contributed by atoms with Crippen LogP contribution in [0.1, 0.15) is 24.3 Å². The van der Waals surface area contributed by atoms with Crippen LogP contribution in [0.5, 0.6) is 5.88 Å². The first-order valence-electron chi connectivity index (χ1n) is 9.73. The van der Waals surface area contributed by atoms with E-state index in [4.69, 9.17) is 14.6 Å². The summed E-state index contributed by atoms with van der Waals surface area (Å²) in [5.41, 5.74) is 0.442. The second-order valence-corrected chi connectivity index (χ2v) is 8.57. The van der Waals surface area contributed by atoms with Crippen LogP contribution >= 0.6 is 11.3 Å². The highest BCUT2D eigenvalue weighted by Crippen LogP contribution is 2.42. The molecule has 2 aromatic heterocycles. The zero-order valence-electron chi connectivity index (χ0n) is 17.0. The molecule has 2 aromatic rings. The largest absolute Gasteiger partial charge is 0.490 e. The number of aliphatic carboxylic acids is 1. The van der Waals surface area contributed by atoms with Crippen molar-refractivity contribution in [3.05, 3.63) is 29.0 Å². The van der Waals surface area contributed by atoms with Crippen molar-refractivity contribution in [3.63, 3.8) is 0 Å². The number of carbonyl (C=O) groups is 1. The Balaban J connectivity index is 0.000000339. The summed E-state index contributed by atoms with van der Waals surface area (Å²) in [4.78, 5) is 26.8. The Morgan fingerprint density at radius 2 is 1.90 bits per heavy atom. The third-order valence-corrected chi connectivity index (χ3v) is 6.36. The smallest absolute Gasteiger partial charge is 0.481 e. The number of piperidine rings is 1. The predicted octanol–water partition coefficient (Wildman–Crippen LogP) is 3.07. The first-order chi connectivity index (χ1) is 14.7. The fourth-order valence-electron chi connectivity index (χ4n) is 3.86. The molecule has 0 unspecified atom stereocenters. The number of halogens is 3. The lowest BCUT2D eigenvalue weighted by Gasteiger charge is -2.39. The van der Waals surface area contributed by atoms with Crippen LogP contribution in [0.15, 0.2) is 24.0 Å². The average molecular weight is 459 g/mol. The van der Waals surface area contributed by atoms with Gasteiger partial charge in [0.25, 0.3) is 0 Å². The van der Waals surface area contributed by atoms with E-state index in [0.717, 1.165) is 25.5 Å². The number of hydrogen-bond donors (Lipinski definition) is 1. The molecule has 4 heterocycles. The number of carboxylic acids is 1. The maximum atomic E-state index is 10.6. The van der Waals surface area contributed by atoms with Gasteiger partial charge >= 0.3 is 12.1 Å². The Hall–Kier alpha value is -2.47. The van der Waals surface area contributed by atoms with E-state index in [0.29, 0.717) is 11.3 Å². The van der Waals surface area contributed by atoms with E-state index in [1.807, 2.05) is 12.3 Å². The first-order valence-corrected chi connectivity index (χ1v) is 10.6. The van der Waals surface area contributed by atoms with Crippen LogP contribution in [0.3, 0.4) is 0 Å². The first kappa shape index (κ1) is 23.2. The van der Waals surface area contributed by atoms with E-state index >= 15 is 0 Å². The minimum absolute atomic E-state index is 0.442. The van der Waals surface area contributed by atoms with Gasteiger partial charge in [0.15, 0.2) is 0 Å². The van der Waals surface area contributed by atoms with Crippen molar-refractivity contribution < 1.29 is 27.8 Å². The number of methoxy groups -OCH3 is 1. The number of anilines is 1. The van der Waals surface area contributed by atoms with Crippen molar-refractivity contribution in [3.8, 4) is 5.88 Å². The molecule has 2 aliphatic heterocycles. The molecule has 0 aliphatic carbocycles. The van der Waals surface area contributed by atoms with Gasteiger partial charge in [-0.15, -0.1) is 11.3 Å². The fourth-order valence-corrected chi connectivity index (χ4v) is 4.52. The average Bonchev–Trinajstić information content (AvgIpc) is 3.40. The van der Waals surface area contributed by atoms with E-state index < -0.39 is 12.1 Å². The summed E-state index contributed by atoms with van der Waals surface area (Å²) in [5.74, 6) is -1.13. The molecule has 2 fully saturated rings. The molecule has 170 valence electrons. The molecular weight excluding hydrogens is 435 g/mol. The molecule has 0 amide bonds. The summed E-state index contributed by atoms with van der Waals surface area (Å²) in [6, 6.07) is 1.94. The summed E-state index contributed by atoms with van der Waals surface area (Å²) in [5, 5.41) is 10.4. The lowest BCUT2D eigenvalue weighted by atomic mass is 9.78. The van der Waals surface area contributed by atoms with Gasteiger partial charge in [-0.3, -0.25) is 4.90 Å². The van der Waals surface area contributed by atoms with Crippen LogP contribution in [0.2, 0.25) is 0 Å². The predicted molar refractivity (Wildman–Crippen MR) is 108 cm³/mol. The molecule has 4 rings (SSSR count). The summed E-state index contributed by atoms with van der Waals surface area (Å²) in [6.45, 7) is 5.51. The van der Waals surface area contributed by atoms with E-state index in [9.17, 15) is 13.2 Å². The fraction of sp³-hybridized carbons (Fsp3) is 0.579. The van der Waals surface area contributed by atoms with Crippen LogP contribution in [0.4, 0.5) is 19.0 Å². The van der Waals surface area contributed by atoms with Crippen LogP contribution in [0, 0.1) is 5.41 Å². The standard InChI is InChI=1S/C17H23N5OS.C2HF3O2/c1-23-15-10-14(19-13-20-15)22-8-4-17(12-22)2-6-21(7-3-17)11-16-18-5-9-24-16;3-2(4,5)1(6)7/h5,9-10,13H,2-4,6-8,11-12H2,1H3;(H,6,7). The normalized spacial score (nSPS) is 18.5. The van der Waals surface area contributed by atoms with Gasteiger partial charge in [-0.2, -0.15) is 13.2 Å². The second-order valence-electron chi connectivity index (χ2n) is 7.60. The molecule has 31 heavy (non-hydrogen) atoms. The Labute approximate surface area is 181 Å². The highest BCUT2D eigenvalue weighted by molar-refractivity contribution is 7.09. The number of ether oxygens (including phenoxy) is 1. The van der Waals surface area contributed by atoms with Crippen LogP contribution < -0.4 is 9.64 Å². The van der Waals surface area contributed by atoms with Gasteiger partial charge in [-0.25, -0.2) is 19.7 Å². The Bertz CT molecular complexity index is 858. The topological polar surface area (TPSA) is 91.7 Å². The maximum Gasteiger partial charge on any atom is 0.490 e. The number of thiazole rings is 1. The number of carboxylic acid groups (broad SMARTS) is 1. The highest BCUT2D eigenvalue weighted by Gasteiger charge is 2.41. The van der Waals surface area contributed by atoms with Gasteiger partial charge in [0.05, 0.1) is 13.7 Å². The Kier molecular flexibility index (Phi) is 7.31. The number of hydrogen-bond acceptors (Lipinski definition) is 8. The van der Waals surface area contributed by atoms with Gasteiger partial charge in [-0.05, 0) is 37.8 Å².